The molecule has 0 bridgehead atoms. The van der Waals surface area contributed by atoms with Crippen molar-refractivity contribution < 1.29 is 0 Å². The molecule has 1 rings (SSSR count). The fourth-order valence-electron chi connectivity index (χ4n) is 1.63. The topological polar surface area (TPSA) is 26.0 Å². The molecule has 1 heteroatoms. The van der Waals surface area contributed by atoms with Gasteiger partial charge in [0.1, 0.15) is 0 Å². The van der Waals surface area contributed by atoms with Crippen molar-refractivity contribution in [2.75, 3.05) is 6.54 Å². The summed E-state index contributed by atoms with van der Waals surface area (Å²) in [7, 11) is 0. The molecule has 0 amide bonds. The first-order valence-corrected chi connectivity index (χ1v) is 4.98. The molecule has 72 valence electrons. The summed E-state index contributed by atoms with van der Waals surface area (Å²) in [6, 6.07) is 8.71. The van der Waals surface area contributed by atoms with Crippen molar-refractivity contribution in [3.8, 4) is 0 Å². The number of nitrogens with two attached hydrogens (primary N) is 1. The minimum Gasteiger partial charge on any atom is -0.330 e. The van der Waals surface area contributed by atoms with Gasteiger partial charge >= 0.3 is 0 Å². The fraction of sp³-hybridized carbons (Fsp3) is 0.500. The average molecular weight is 177 g/mol. The molecule has 13 heavy (non-hydrogen) atoms. The summed E-state index contributed by atoms with van der Waals surface area (Å²) in [6.07, 6.45) is 2.27. The normalized spacial score (nSPS) is 12.8. The smallest absolute Gasteiger partial charge is 0.00746 e. The van der Waals surface area contributed by atoms with Gasteiger partial charge in [0.25, 0.3) is 0 Å². The van der Waals surface area contributed by atoms with E-state index in [0.717, 1.165) is 19.4 Å². The van der Waals surface area contributed by atoms with Crippen molar-refractivity contribution in [2.45, 2.75) is 26.7 Å². The van der Waals surface area contributed by atoms with Gasteiger partial charge in [0.05, 0.1) is 0 Å². The summed E-state index contributed by atoms with van der Waals surface area (Å²) >= 11 is 0. The van der Waals surface area contributed by atoms with Crippen molar-refractivity contribution in [3.63, 3.8) is 0 Å². The van der Waals surface area contributed by atoms with Gasteiger partial charge in [0.15, 0.2) is 0 Å². The van der Waals surface area contributed by atoms with Crippen LogP contribution in [0.5, 0.6) is 0 Å². The number of benzene rings is 1. The summed E-state index contributed by atoms with van der Waals surface area (Å²) in [5.74, 6) is 0.701. The van der Waals surface area contributed by atoms with Gasteiger partial charge in [-0.3, -0.25) is 0 Å². The Morgan fingerprint density at radius 2 is 2.15 bits per heavy atom. The van der Waals surface area contributed by atoms with E-state index in [-0.39, 0.29) is 0 Å². The second kappa shape index (κ2) is 5.03. The third kappa shape index (κ3) is 3.60. The number of aryl methyl sites for hydroxylation is 1. The highest BCUT2D eigenvalue weighted by molar-refractivity contribution is 5.22. The van der Waals surface area contributed by atoms with Crippen LogP contribution in [-0.2, 0) is 6.42 Å². The SMILES string of the molecule is Cc1cccc(CC(C)CCN)c1. The van der Waals surface area contributed by atoms with Gasteiger partial charge in [0.2, 0.25) is 0 Å². The fourth-order valence-corrected chi connectivity index (χ4v) is 1.63. The Bertz CT molecular complexity index is 255. The third-order valence-corrected chi connectivity index (χ3v) is 2.33. The van der Waals surface area contributed by atoms with Crippen molar-refractivity contribution in [3.05, 3.63) is 35.4 Å². The summed E-state index contributed by atoms with van der Waals surface area (Å²) in [4.78, 5) is 0. The molecule has 0 fully saturated rings. The van der Waals surface area contributed by atoms with Gasteiger partial charge < -0.3 is 5.73 Å². The maximum absolute atomic E-state index is 5.51. The predicted octanol–water partition coefficient (Wildman–Crippen LogP) is 2.52. The molecule has 0 aliphatic carbocycles. The van der Waals surface area contributed by atoms with Crippen LogP contribution in [0.4, 0.5) is 0 Å². The monoisotopic (exact) mass is 177 g/mol. The number of rotatable bonds is 4. The average Bonchev–Trinajstić information content (AvgIpc) is 2.04. The van der Waals surface area contributed by atoms with Gasteiger partial charge in [-0.25, -0.2) is 0 Å². The quantitative estimate of drug-likeness (QED) is 0.751. The summed E-state index contributed by atoms with van der Waals surface area (Å²) < 4.78 is 0. The van der Waals surface area contributed by atoms with Crippen LogP contribution in [0.25, 0.3) is 0 Å². The van der Waals surface area contributed by atoms with Crippen molar-refractivity contribution in [1.29, 1.82) is 0 Å². The van der Waals surface area contributed by atoms with E-state index in [1.165, 1.54) is 11.1 Å². The highest BCUT2D eigenvalue weighted by Gasteiger charge is 2.01. The molecule has 0 saturated heterocycles. The Kier molecular flexibility index (Phi) is 3.97. The first-order chi connectivity index (χ1) is 6.22. The van der Waals surface area contributed by atoms with E-state index in [1.54, 1.807) is 0 Å². The highest BCUT2D eigenvalue weighted by atomic mass is 14.5. The van der Waals surface area contributed by atoms with E-state index >= 15 is 0 Å². The van der Waals surface area contributed by atoms with Gasteiger partial charge in [-0.1, -0.05) is 36.8 Å². The molecule has 0 aromatic heterocycles. The molecule has 0 aliphatic heterocycles. The van der Waals surface area contributed by atoms with Gasteiger partial charge in [-0.2, -0.15) is 0 Å². The molecule has 0 spiro atoms. The zero-order valence-corrected chi connectivity index (χ0v) is 8.59. The standard InChI is InChI=1S/C12H19N/c1-10-4-3-5-12(8-10)9-11(2)6-7-13/h3-5,8,11H,6-7,9,13H2,1-2H3. The van der Waals surface area contributed by atoms with Crippen molar-refractivity contribution >= 4 is 0 Å². The Hall–Kier alpha value is -0.820. The lowest BCUT2D eigenvalue weighted by atomic mass is 9.97. The zero-order valence-electron chi connectivity index (χ0n) is 8.59. The van der Waals surface area contributed by atoms with E-state index in [2.05, 4.69) is 38.1 Å². The largest absolute Gasteiger partial charge is 0.330 e. The zero-order chi connectivity index (χ0) is 9.68. The van der Waals surface area contributed by atoms with Crippen molar-refractivity contribution in [2.24, 2.45) is 11.7 Å². The second-order valence-electron chi connectivity index (χ2n) is 3.88. The minimum atomic E-state index is 0.701. The molecule has 1 nitrogen and oxygen atoms in total. The van der Waals surface area contributed by atoms with E-state index in [4.69, 9.17) is 5.73 Å². The Morgan fingerprint density at radius 1 is 1.38 bits per heavy atom. The van der Waals surface area contributed by atoms with E-state index in [9.17, 15) is 0 Å². The van der Waals surface area contributed by atoms with Crippen LogP contribution >= 0.6 is 0 Å². The van der Waals surface area contributed by atoms with Gasteiger partial charge in [-0.15, -0.1) is 0 Å². The third-order valence-electron chi connectivity index (χ3n) is 2.33. The lowest BCUT2D eigenvalue weighted by Crippen LogP contribution is -2.08. The van der Waals surface area contributed by atoms with Crippen LogP contribution in [-0.4, -0.2) is 6.54 Å². The predicted molar refractivity (Wildman–Crippen MR) is 57.7 cm³/mol. The molecule has 2 N–H and O–H groups in total. The van der Waals surface area contributed by atoms with Crippen LogP contribution in [0.1, 0.15) is 24.5 Å². The molecule has 0 aliphatic rings. The van der Waals surface area contributed by atoms with Crippen LogP contribution in [0.15, 0.2) is 24.3 Å². The van der Waals surface area contributed by atoms with Crippen LogP contribution in [0.3, 0.4) is 0 Å². The molecular formula is C12H19N. The van der Waals surface area contributed by atoms with Crippen LogP contribution in [0.2, 0.25) is 0 Å². The molecule has 0 heterocycles. The minimum absolute atomic E-state index is 0.701. The molecule has 1 aromatic rings. The first-order valence-electron chi connectivity index (χ1n) is 4.98. The Labute approximate surface area is 81.0 Å². The lowest BCUT2D eigenvalue weighted by molar-refractivity contribution is 0.538. The highest BCUT2D eigenvalue weighted by Crippen LogP contribution is 2.12. The van der Waals surface area contributed by atoms with Crippen molar-refractivity contribution in [1.82, 2.24) is 0 Å². The lowest BCUT2D eigenvalue weighted by Gasteiger charge is -2.09. The molecular weight excluding hydrogens is 158 g/mol. The maximum atomic E-state index is 5.51. The van der Waals surface area contributed by atoms with E-state index < -0.39 is 0 Å². The number of hydrogen-bond acceptors (Lipinski definition) is 1. The molecule has 1 atom stereocenters. The Balaban J connectivity index is 2.53. The Morgan fingerprint density at radius 3 is 2.77 bits per heavy atom. The molecule has 1 unspecified atom stereocenters. The van der Waals surface area contributed by atoms with Gasteiger partial charge in [-0.05, 0) is 37.8 Å². The van der Waals surface area contributed by atoms with Gasteiger partial charge in [0, 0.05) is 0 Å². The summed E-state index contributed by atoms with van der Waals surface area (Å²) in [5, 5.41) is 0. The van der Waals surface area contributed by atoms with E-state index in [1.807, 2.05) is 0 Å². The molecule has 0 radical (unpaired) electrons. The number of hydrogen-bond donors (Lipinski definition) is 1. The van der Waals surface area contributed by atoms with E-state index in [0.29, 0.717) is 5.92 Å². The molecule has 0 saturated carbocycles. The first kappa shape index (κ1) is 10.3. The summed E-state index contributed by atoms with van der Waals surface area (Å²) in [6.45, 7) is 5.19. The van der Waals surface area contributed by atoms with Crippen LogP contribution in [0, 0.1) is 12.8 Å². The maximum Gasteiger partial charge on any atom is -0.00746 e. The van der Waals surface area contributed by atoms with Crippen LogP contribution < -0.4 is 5.73 Å². The summed E-state index contributed by atoms with van der Waals surface area (Å²) in [5.41, 5.74) is 8.29. The second-order valence-corrected chi connectivity index (χ2v) is 3.88. The molecule has 1 aromatic carbocycles.